The molecule has 4 nitrogen and oxygen atoms in total. The van der Waals surface area contributed by atoms with Crippen LogP contribution < -0.4 is 14.8 Å². The largest absolute Gasteiger partial charge is 0.493 e. The van der Waals surface area contributed by atoms with Gasteiger partial charge in [0.15, 0.2) is 11.5 Å². The summed E-state index contributed by atoms with van der Waals surface area (Å²) in [4.78, 5) is 4.58. The third kappa shape index (κ3) is 3.25. The molecule has 24 heavy (non-hydrogen) atoms. The van der Waals surface area contributed by atoms with Gasteiger partial charge in [-0.25, -0.2) is 9.37 Å². The number of benzene rings is 2. The molecule has 3 rings (SSSR count). The Morgan fingerprint density at radius 3 is 2.33 bits per heavy atom. The van der Waals surface area contributed by atoms with E-state index in [0.29, 0.717) is 18.0 Å². The van der Waals surface area contributed by atoms with Crippen LogP contribution in [0.25, 0.3) is 10.8 Å². The van der Waals surface area contributed by atoms with Crippen molar-refractivity contribution in [2.75, 3.05) is 19.5 Å². The van der Waals surface area contributed by atoms with E-state index in [1.807, 2.05) is 25.1 Å². The van der Waals surface area contributed by atoms with Crippen LogP contribution in [0.5, 0.6) is 11.5 Å². The summed E-state index contributed by atoms with van der Waals surface area (Å²) in [5.74, 6) is 1.89. The summed E-state index contributed by atoms with van der Waals surface area (Å²) in [5, 5.41) is 5.30. The number of aryl methyl sites for hydroxylation is 1. The number of hydrogen-bond donors (Lipinski definition) is 1. The highest BCUT2D eigenvalue weighted by Crippen LogP contribution is 2.34. The predicted octanol–water partition coefficient (Wildman–Crippen LogP) is 4.31. The molecule has 0 aliphatic rings. The van der Waals surface area contributed by atoms with Crippen molar-refractivity contribution >= 4 is 16.6 Å². The van der Waals surface area contributed by atoms with Crippen molar-refractivity contribution in [2.24, 2.45) is 0 Å². The first-order valence-corrected chi connectivity index (χ1v) is 7.62. The molecular formula is C19H19FN2O2. The fourth-order valence-electron chi connectivity index (χ4n) is 2.63. The minimum Gasteiger partial charge on any atom is -0.493 e. The maximum atomic E-state index is 13.0. The van der Waals surface area contributed by atoms with Gasteiger partial charge in [-0.15, -0.1) is 0 Å². The van der Waals surface area contributed by atoms with Crippen molar-refractivity contribution < 1.29 is 13.9 Å². The van der Waals surface area contributed by atoms with Crippen molar-refractivity contribution in [1.82, 2.24) is 4.98 Å². The molecule has 0 spiro atoms. The maximum Gasteiger partial charge on any atom is 0.161 e. The van der Waals surface area contributed by atoms with Crippen molar-refractivity contribution in [3.8, 4) is 11.5 Å². The summed E-state index contributed by atoms with van der Waals surface area (Å²) in [5.41, 5.74) is 1.89. The topological polar surface area (TPSA) is 43.4 Å². The quantitative estimate of drug-likeness (QED) is 0.759. The fourth-order valence-corrected chi connectivity index (χ4v) is 2.63. The Morgan fingerprint density at radius 1 is 1.00 bits per heavy atom. The fraction of sp³-hybridized carbons (Fsp3) is 0.211. The highest BCUT2D eigenvalue weighted by Gasteiger charge is 2.10. The lowest BCUT2D eigenvalue weighted by molar-refractivity contribution is 0.356. The number of pyridine rings is 1. The van der Waals surface area contributed by atoms with Crippen LogP contribution in [0.2, 0.25) is 0 Å². The summed E-state index contributed by atoms with van der Waals surface area (Å²) in [6.45, 7) is 2.53. The second kappa shape index (κ2) is 6.74. The normalized spacial score (nSPS) is 10.7. The first-order chi connectivity index (χ1) is 11.6. The molecular weight excluding hydrogens is 307 g/mol. The number of ether oxygens (including phenoxy) is 2. The second-order valence-corrected chi connectivity index (χ2v) is 5.50. The molecule has 124 valence electrons. The lowest BCUT2D eigenvalue weighted by Gasteiger charge is -2.13. The lowest BCUT2D eigenvalue weighted by atomic mass is 10.1. The van der Waals surface area contributed by atoms with Gasteiger partial charge in [-0.05, 0) is 48.2 Å². The Bertz CT molecular complexity index is 863. The highest BCUT2D eigenvalue weighted by molar-refractivity contribution is 5.89. The van der Waals surface area contributed by atoms with Gasteiger partial charge in [0.2, 0.25) is 0 Å². The van der Waals surface area contributed by atoms with E-state index in [1.165, 1.54) is 12.1 Å². The van der Waals surface area contributed by atoms with Crippen LogP contribution in [-0.4, -0.2) is 19.2 Å². The molecule has 0 fully saturated rings. The van der Waals surface area contributed by atoms with Crippen LogP contribution >= 0.6 is 0 Å². The summed E-state index contributed by atoms with van der Waals surface area (Å²) in [7, 11) is 3.23. The first kappa shape index (κ1) is 16.1. The minimum absolute atomic E-state index is 0.237. The Kier molecular flexibility index (Phi) is 4.51. The number of hydrogen-bond acceptors (Lipinski definition) is 4. The van der Waals surface area contributed by atoms with Crippen LogP contribution in [0.3, 0.4) is 0 Å². The van der Waals surface area contributed by atoms with Gasteiger partial charge >= 0.3 is 0 Å². The summed E-state index contributed by atoms with van der Waals surface area (Å²) >= 11 is 0. The molecule has 0 atom stereocenters. The van der Waals surface area contributed by atoms with E-state index < -0.39 is 0 Å². The van der Waals surface area contributed by atoms with Crippen molar-refractivity contribution in [2.45, 2.75) is 13.5 Å². The summed E-state index contributed by atoms with van der Waals surface area (Å²) in [6.07, 6.45) is 0. The van der Waals surface area contributed by atoms with Crippen LogP contribution in [-0.2, 0) is 6.54 Å². The smallest absolute Gasteiger partial charge is 0.161 e. The van der Waals surface area contributed by atoms with E-state index >= 15 is 0 Å². The van der Waals surface area contributed by atoms with E-state index in [1.54, 1.807) is 26.4 Å². The van der Waals surface area contributed by atoms with Gasteiger partial charge in [-0.1, -0.05) is 12.1 Å². The molecule has 2 aromatic carbocycles. The third-order valence-electron chi connectivity index (χ3n) is 3.91. The second-order valence-electron chi connectivity index (χ2n) is 5.50. The zero-order chi connectivity index (χ0) is 17.1. The molecule has 0 amide bonds. The summed E-state index contributed by atoms with van der Waals surface area (Å²) in [6, 6.07) is 12.2. The third-order valence-corrected chi connectivity index (χ3v) is 3.91. The predicted molar refractivity (Wildman–Crippen MR) is 93.3 cm³/mol. The first-order valence-electron chi connectivity index (χ1n) is 7.62. The molecule has 0 saturated heterocycles. The van der Waals surface area contributed by atoms with Gasteiger partial charge in [-0.3, -0.25) is 0 Å². The van der Waals surface area contributed by atoms with Gasteiger partial charge in [0, 0.05) is 17.6 Å². The molecule has 3 aromatic rings. The van der Waals surface area contributed by atoms with Crippen LogP contribution in [0.4, 0.5) is 10.2 Å². The molecule has 1 aromatic heterocycles. The number of fused-ring (bicyclic) bond motifs is 1. The van der Waals surface area contributed by atoms with E-state index in [9.17, 15) is 4.39 Å². The van der Waals surface area contributed by atoms with E-state index in [2.05, 4.69) is 10.3 Å². The van der Waals surface area contributed by atoms with E-state index in [0.717, 1.165) is 27.8 Å². The van der Waals surface area contributed by atoms with Gasteiger partial charge in [0.05, 0.1) is 14.2 Å². The number of anilines is 1. The van der Waals surface area contributed by atoms with E-state index in [-0.39, 0.29) is 5.82 Å². The highest BCUT2D eigenvalue weighted by atomic mass is 19.1. The molecule has 0 saturated carbocycles. The van der Waals surface area contributed by atoms with Gasteiger partial charge < -0.3 is 14.8 Å². The molecule has 5 heteroatoms. The Hall–Kier alpha value is -2.82. The molecule has 1 heterocycles. The Balaban J connectivity index is 1.90. The Labute approximate surface area is 140 Å². The van der Waals surface area contributed by atoms with Gasteiger partial charge in [0.1, 0.15) is 11.6 Å². The number of nitrogens with zero attached hydrogens (tertiary/aromatic N) is 1. The number of halogens is 1. The van der Waals surface area contributed by atoms with Crippen molar-refractivity contribution in [1.29, 1.82) is 0 Å². The molecule has 0 unspecified atom stereocenters. The number of rotatable bonds is 5. The van der Waals surface area contributed by atoms with Gasteiger partial charge in [0.25, 0.3) is 0 Å². The van der Waals surface area contributed by atoms with Crippen LogP contribution in [0, 0.1) is 12.7 Å². The molecule has 0 bridgehead atoms. The van der Waals surface area contributed by atoms with Crippen molar-refractivity contribution in [3.05, 3.63) is 59.5 Å². The average Bonchev–Trinajstić information content (AvgIpc) is 2.60. The SMILES string of the molecule is COc1cc2cc(NCc3ccc(F)cc3)nc(C)c2cc1OC. The minimum atomic E-state index is -0.237. The van der Waals surface area contributed by atoms with Crippen LogP contribution in [0.15, 0.2) is 42.5 Å². The molecule has 0 aliphatic heterocycles. The lowest BCUT2D eigenvalue weighted by Crippen LogP contribution is -2.02. The average molecular weight is 326 g/mol. The van der Waals surface area contributed by atoms with Gasteiger partial charge in [-0.2, -0.15) is 0 Å². The molecule has 0 radical (unpaired) electrons. The monoisotopic (exact) mass is 326 g/mol. The maximum absolute atomic E-state index is 13.0. The number of aromatic nitrogens is 1. The zero-order valence-corrected chi connectivity index (χ0v) is 13.9. The number of nitrogens with one attached hydrogen (secondary N) is 1. The number of methoxy groups -OCH3 is 2. The Morgan fingerprint density at radius 2 is 1.67 bits per heavy atom. The summed E-state index contributed by atoms with van der Waals surface area (Å²) < 4.78 is 23.7. The van der Waals surface area contributed by atoms with E-state index in [4.69, 9.17) is 9.47 Å². The standard InChI is InChI=1S/C19H19FN2O2/c1-12-16-10-18(24-3)17(23-2)8-14(16)9-19(22-12)21-11-13-4-6-15(20)7-5-13/h4-10H,11H2,1-3H3,(H,21,22). The zero-order valence-electron chi connectivity index (χ0n) is 13.9. The van der Waals surface area contributed by atoms with Crippen LogP contribution in [0.1, 0.15) is 11.3 Å². The molecule has 0 aliphatic carbocycles. The molecule has 1 N–H and O–H groups in total. The van der Waals surface area contributed by atoms with Crippen molar-refractivity contribution in [3.63, 3.8) is 0 Å².